The number of benzene rings is 1. The maximum absolute atomic E-state index is 12.2. The molecule has 1 saturated heterocycles. The van der Waals surface area contributed by atoms with E-state index in [1.807, 2.05) is 0 Å². The van der Waals surface area contributed by atoms with Crippen molar-refractivity contribution in [1.29, 1.82) is 0 Å². The van der Waals surface area contributed by atoms with Crippen molar-refractivity contribution < 1.29 is 9.59 Å². The fourth-order valence-corrected chi connectivity index (χ4v) is 2.75. The fraction of sp³-hybridized carbons (Fsp3) is 0.429. The van der Waals surface area contributed by atoms with Gasteiger partial charge in [-0.1, -0.05) is 0 Å². The summed E-state index contributed by atoms with van der Waals surface area (Å²) in [6.45, 7) is 2.96. The summed E-state index contributed by atoms with van der Waals surface area (Å²) < 4.78 is 0.727. The Morgan fingerprint density at radius 3 is 2.60 bits per heavy atom. The Hall–Kier alpha value is -1.56. The highest BCUT2D eigenvalue weighted by Crippen LogP contribution is 2.20. The Labute approximate surface area is 126 Å². The normalized spacial score (nSPS) is 16.0. The number of nitrogens with zero attached hydrogens (tertiary/aromatic N) is 1. The van der Waals surface area contributed by atoms with E-state index in [-0.39, 0.29) is 17.9 Å². The van der Waals surface area contributed by atoms with Gasteiger partial charge < -0.3 is 16.0 Å². The molecule has 2 amide bonds. The van der Waals surface area contributed by atoms with Crippen LogP contribution in [0.4, 0.5) is 5.69 Å². The van der Waals surface area contributed by atoms with Crippen LogP contribution in [-0.2, 0) is 4.79 Å². The Morgan fingerprint density at radius 1 is 1.35 bits per heavy atom. The lowest BCUT2D eigenvalue weighted by Crippen LogP contribution is -2.46. The van der Waals surface area contributed by atoms with Crippen LogP contribution in [0.25, 0.3) is 0 Å². The van der Waals surface area contributed by atoms with E-state index in [0.717, 1.165) is 17.3 Å². The third-order valence-corrected chi connectivity index (χ3v) is 4.20. The van der Waals surface area contributed by atoms with E-state index in [2.05, 4.69) is 21.2 Å². The molecule has 5 nitrogen and oxygen atoms in total. The molecule has 0 aromatic heterocycles. The molecule has 1 heterocycles. The molecular weight excluding hydrogens is 322 g/mol. The lowest BCUT2D eigenvalue weighted by molar-refractivity contribution is -0.129. The summed E-state index contributed by atoms with van der Waals surface area (Å²) in [5.41, 5.74) is 6.81. The number of anilines is 1. The third kappa shape index (κ3) is 3.50. The van der Waals surface area contributed by atoms with Gasteiger partial charge in [0.15, 0.2) is 0 Å². The van der Waals surface area contributed by atoms with Gasteiger partial charge in [0.1, 0.15) is 0 Å². The topological polar surface area (TPSA) is 75.4 Å². The highest BCUT2D eigenvalue weighted by molar-refractivity contribution is 9.10. The molecule has 1 aliphatic heterocycles. The number of nitrogens with two attached hydrogens (primary N) is 1. The predicted molar refractivity (Wildman–Crippen MR) is 81.3 cm³/mol. The number of carbonyl (C=O) groups excluding carboxylic acids is 2. The lowest BCUT2D eigenvalue weighted by Gasteiger charge is -2.31. The summed E-state index contributed by atoms with van der Waals surface area (Å²) in [4.78, 5) is 25.3. The van der Waals surface area contributed by atoms with Gasteiger partial charge in [0, 0.05) is 36.2 Å². The summed E-state index contributed by atoms with van der Waals surface area (Å²) in [7, 11) is 0. The van der Waals surface area contributed by atoms with Gasteiger partial charge >= 0.3 is 0 Å². The highest BCUT2D eigenvalue weighted by atomic mass is 79.9. The number of nitrogen functional groups attached to an aromatic ring is 1. The quantitative estimate of drug-likeness (QED) is 0.806. The summed E-state index contributed by atoms with van der Waals surface area (Å²) in [5, 5.41) is 3.00. The number of halogens is 1. The van der Waals surface area contributed by atoms with E-state index in [9.17, 15) is 9.59 Å². The first-order valence-electron chi connectivity index (χ1n) is 6.59. The smallest absolute Gasteiger partial charge is 0.252 e. The van der Waals surface area contributed by atoms with Crippen LogP contribution in [0.1, 0.15) is 30.1 Å². The number of likely N-dealkylation sites (tertiary alicyclic amines) is 1. The van der Waals surface area contributed by atoms with Crippen LogP contribution in [0.5, 0.6) is 0 Å². The Kier molecular flexibility index (Phi) is 4.65. The monoisotopic (exact) mass is 339 g/mol. The minimum Gasteiger partial charge on any atom is -0.399 e. The summed E-state index contributed by atoms with van der Waals surface area (Å²) >= 11 is 3.36. The minimum atomic E-state index is -0.134. The molecule has 0 saturated carbocycles. The molecule has 0 radical (unpaired) electrons. The van der Waals surface area contributed by atoms with Gasteiger partial charge in [-0.3, -0.25) is 9.59 Å². The first-order valence-corrected chi connectivity index (χ1v) is 7.38. The van der Waals surface area contributed by atoms with Crippen molar-refractivity contribution in [2.24, 2.45) is 0 Å². The van der Waals surface area contributed by atoms with Gasteiger partial charge in [-0.15, -0.1) is 0 Å². The zero-order valence-corrected chi connectivity index (χ0v) is 12.9. The fourth-order valence-electron chi connectivity index (χ4n) is 2.32. The molecule has 6 heteroatoms. The zero-order valence-electron chi connectivity index (χ0n) is 11.4. The minimum absolute atomic E-state index is 0.0911. The second-order valence-corrected chi connectivity index (χ2v) is 5.85. The molecular formula is C14H18BrN3O2. The molecule has 3 N–H and O–H groups in total. The molecule has 0 aliphatic carbocycles. The van der Waals surface area contributed by atoms with Crippen molar-refractivity contribution in [2.75, 3.05) is 18.8 Å². The number of hydrogen-bond acceptors (Lipinski definition) is 3. The van der Waals surface area contributed by atoms with Crippen molar-refractivity contribution >= 4 is 33.4 Å². The molecule has 2 rings (SSSR count). The molecule has 0 bridgehead atoms. The van der Waals surface area contributed by atoms with Crippen LogP contribution < -0.4 is 11.1 Å². The molecule has 20 heavy (non-hydrogen) atoms. The maximum Gasteiger partial charge on any atom is 0.252 e. The van der Waals surface area contributed by atoms with E-state index in [1.165, 1.54) is 0 Å². The molecule has 108 valence electrons. The molecule has 1 aromatic carbocycles. The number of piperidine rings is 1. The number of hydrogen-bond donors (Lipinski definition) is 2. The van der Waals surface area contributed by atoms with Gasteiger partial charge in [-0.25, -0.2) is 0 Å². The van der Waals surface area contributed by atoms with E-state index >= 15 is 0 Å². The van der Waals surface area contributed by atoms with Crippen molar-refractivity contribution in [3.63, 3.8) is 0 Å². The van der Waals surface area contributed by atoms with Crippen LogP contribution in [0.15, 0.2) is 22.7 Å². The first-order chi connectivity index (χ1) is 9.47. The molecule has 1 aromatic rings. The van der Waals surface area contributed by atoms with Crippen LogP contribution in [0.2, 0.25) is 0 Å². The lowest BCUT2D eigenvalue weighted by atomic mass is 10.0. The first kappa shape index (κ1) is 14.8. The van der Waals surface area contributed by atoms with E-state index in [4.69, 9.17) is 5.73 Å². The van der Waals surface area contributed by atoms with Crippen molar-refractivity contribution in [1.82, 2.24) is 10.2 Å². The second-order valence-electron chi connectivity index (χ2n) is 4.99. The number of carbonyl (C=O) groups is 2. The van der Waals surface area contributed by atoms with Gasteiger partial charge in [0.25, 0.3) is 5.91 Å². The standard InChI is InChI=1S/C14H18BrN3O2/c1-9(19)18-6-4-11(5-7-18)17-14(20)12-8-10(16)2-3-13(12)15/h2-3,8,11H,4-7,16H2,1H3,(H,17,20). The zero-order chi connectivity index (χ0) is 14.7. The number of nitrogens with one attached hydrogen (secondary N) is 1. The van der Waals surface area contributed by atoms with Crippen LogP contribution in [-0.4, -0.2) is 35.8 Å². The average molecular weight is 340 g/mol. The third-order valence-electron chi connectivity index (χ3n) is 3.51. The van der Waals surface area contributed by atoms with Gasteiger partial charge in [-0.2, -0.15) is 0 Å². The van der Waals surface area contributed by atoms with E-state index in [0.29, 0.717) is 24.3 Å². The van der Waals surface area contributed by atoms with E-state index in [1.54, 1.807) is 30.0 Å². The molecule has 0 spiro atoms. The average Bonchev–Trinajstić information content (AvgIpc) is 2.42. The maximum atomic E-state index is 12.2. The van der Waals surface area contributed by atoms with Gasteiger partial charge in [0.2, 0.25) is 5.91 Å². The van der Waals surface area contributed by atoms with Crippen LogP contribution >= 0.6 is 15.9 Å². The molecule has 0 unspecified atom stereocenters. The van der Waals surface area contributed by atoms with Gasteiger partial charge in [0.05, 0.1) is 5.56 Å². The summed E-state index contributed by atoms with van der Waals surface area (Å²) in [6.07, 6.45) is 1.57. The highest BCUT2D eigenvalue weighted by Gasteiger charge is 2.23. The Bertz CT molecular complexity index is 525. The summed E-state index contributed by atoms with van der Waals surface area (Å²) in [6, 6.07) is 5.27. The Morgan fingerprint density at radius 2 is 2.00 bits per heavy atom. The largest absolute Gasteiger partial charge is 0.399 e. The summed E-state index contributed by atoms with van der Waals surface area (Å²) in [5.74, 6) is -0.0428. The van der Waals surface area contributed by atoms with Crippen molar-refractivity contribution in [2.45, 2.75) is 25.8 Å². The second kappa shape index (κ2) is 6.26. The molecule has 0 atom stereocenters. The molecule has 1 fully saturated rings. The number of rotatable bonds is 2. The van der Waals surface area contributed by atoms with Crippen molar-refractivity contribution in [3.05, 3.63) is 28.2 Å². The Balaban J connectivity index is 1.96. The number of amides is 2. The molecule has 1 aliphatic rings. The van der Waals surface area contributed by atoms with Crippen LogP contribution in [0.3, 0.4) is 0 Å². The van der Waals surface area contributed by atoms with Crippen molar-refractivity contribution in [3.8, 4) is 0 Å². The van der Waals surface area contributed by atoms with Gasteiger partial charge in [-0.05, 0) is 47.0 Å². The predicted octanol–water partition coefficient (Wildman–Crippen LogP) is 1.77. The van der Waals surface area contributed by atoms with Crippen LogP contribution in [0, 0.1) is 0 Å². The SMILES string of the molecule is CC(=O)N1CCC(NC(=O)c2cc(N)ccc2Br)CC1. The van der Waals surface area contributed by atoms with E-state index < -0.39 is 0 Å².